The first-order chi connectivity index (χ1) is 8.88. The molecule has 0 aliphatic carbocycles. The normalized spacial score (nSPS) is 10.8. The molecule has 0 amide bonds. The van der Waals surface area contributed by atoms with Crippen LogP contribution in [0.1, 0.15) is 11.1 Å². The molecule has 2 rings (SSSR count). The second-order valence-corrected chi connectivity index (χ2v) is 4.85. The topological polar surface area (TPSA) is 3.24 Å². The van der Waals surface area contributed by atoms with Crippen molar-refractivity contribution in [1.29, 1.82) is 0 Å². The van der Waals surface area contributed by atoms with Crippen LogP contribution >= 0.6 is 12.6 Å². The van der Waals surface area contributed by atoms with Gasteiger partial charge in [-0.3, -0.25) is 4.90 Å². The molecule has 18 heavy (non-hydrogen) atoms. The van der Waals surface area contributed by atoms with E-state index in [2.05, 4.69) is 78.2 Å². The van der Waals surface area contributed by atoms with Gasteiger partial charge in [0.1, 0.15) is 0 Å². The van der Waals surface area contributed by atoms with Crippen molar-refractivity contribution < 1.29 is 0 Å². The maximum absolute atomic E-state index is 4.35. The molecule has 2 heteroatoms. The second-order valence-electron chi connectivity index (χ2n) is 4.41. The third kappa shape index (κ3) is 4.21. The van der Waals surface area contributed by atoms with Crippen molar-refractivity contribution in [1.82, 2.24) is 4.90 Å². The Kier molecular flexibility index (Phi) is 5.31. The Balaban J connectivity index is 2.00. The maximum Gasteiger partial charge on any atom is 0.0237 e. The maximum atomic E-state index is 4.35. The molecule has 0 heterocycles. The summed E-state index contributed by atoms with van der Waals surface area (Å²) in [5.41, 5.74) is 2.71. The summed E-state index contributed by atoms with van der Waals surface area (Å²) in [6.07, 6.45) is 0. The van der Waals surface area contributed by atoms with Crippen LogP contribution < -0.4 is 0 Å². The van der Waals surface area contributed by atoms with Crippen LogP contribution in [0.15, 0.2) is 60.7 Å². The first-order valence-corrected chi connectivity index (χ1v) is 6.93. The minimum absolute atomic E-state index is 0.889. The van der Waals surface area contributed by atoms with Crippen molar-refractivity contribution in [3.05, 3.63) is 71.8 Å². The fourth-order valence-corrected chi connectivity index (χ4v) is 2.32. The molecule has 0 aliphatic rings. The van der Waals surface area contributed by atoms with Crippen LogP contribution in [0.25, 0.3) is 0 Å². The summed E-state index contributed by atoms with van der Waals surface area (Å²) in [6.45, 7) is 2.97. The smallest absolute Gasteiger partial charge is 0.0237 e. The van der Waals surface area contributed by atoms with Crippen LogP contribution in [0.3, 0.4) is 0 Å². The van der Waals surface area contributed by atoms with Gasteiger partial charge in [-0.25, -0.2) is 0 Å². The third-order valence-corrected chi connectivity index (χ3v) is 3.11. The Morgan fingerprint density at radius 1 is 0.722 bits per heavy atom. The molecule has 0 unspecified atom stereocenters. The van der Waals surface area contributed by atoms with E-state index < -0.39 is 0 Å². The quantitative estimate of drug-likeness (QED) is 0.774. The molecule has 2 aromatic carbocycles. The summed E-state index contributed by atoms with van der Waals surface area (Å²) in [6, 6.07) is 21.2. The lowest BCUT2D eigenvalue weighted by Crippen LogP contribution is -2.24. The van der Waals surface area contributed by atoms with Gasteiger partial charge in [-0.15, -0.1) is 0 Å². The zero-order chi connectivity index (χ0) is 12.6. The Hall–Kier alpha value is -1.25. The lowest BCUT2D eigenvalue weighted by Gasteiger charge is -2.21. The van der Waals surface area contributed by atoms with Crippen LogP contribution in [-0.2, 0) is 13.1 Å². The Morgan fingerprint density at radius 3 is 1.56 bits per heavy atom. The Labute approximate surface area is 115 Å². The molecule has 0 radical (unpaired) electrons. The molecule has 0 fully saturated rings. The minimum atomic E-state index is 0.889. The molecule has 2 aromatic rings. The Morgan fingerprint density at radius 2 is 1.17 bits per heavy atom. The number of hydrogen-bond acceptors (Lipinski definition) is 2. The molecule has 0 N–H and O–H groups in total. The zero-order valence-electron chi connectivity index (χ0n) is 10.5. The van der Waals surface area contributed by atoms with Crippen molar-refractivity contribution in [2.75, 3.05) is 12.3 Å². The van der Waals surface area contributed by atoms with Crippen LogP contribution in [-0.4, -0.2) is 17.2 Å². The van der Waals surface area contributed by atoms with Crippen molar-refractivity contribution in [2.45, 2.75) is 13.1 Å². The molecule has 0 bridgehead atoms. The van der Waals surface area contributed by atoms with E-state index in [-0.39, 0.29) is 0 Å². The standard InChI is InChI=1S/C16H19NS/c18-12-11-17(13-15-7-3-1-4-8-15)14-16-9-5-2-6-10-16/h1-10,18H,11-14H2. The molecule has 0 saturated heterocycles. The highest BCUT2D eigenvalue weighted by molar-refractivity contribution is 7.80. The van der Waals surface area contributed by atoms with Gasteiger partial charge in [0.2, 0.25) is 0 Å². The summed E-state index contributed by atoms with van der Waals surface area (Å²) in [5.74, 6) is 0.889. The highest BCUT2D eigenvalue weighted by Crippen LogP contribution is 2.09. The van der Waals surface area contributed by atoms with Crippen molar-refractivity contribution in [3.63, 3.8) is 0 Å². The molecule has 0 aromatic heterocycles. The summed E-state index contributed by atoms with van der Waals surface area (Å²) >= 11 is 4.35. The first-order valence-electron chi connectivity index (χ1n) is 6.29. The first kappa shape index (κ1) is 13.2. The summed E-state index contributed by atoms with van der Waals surface area (Å²) < 4.78 is 0. The van der Waals surface area contributed by atoms with Crippen LogP contribution in [0, 0.1) is 0 Å². The van der Waals surface area contributed by atoms with Gasteiger partial charge in [0, 0.05) is 25.4 Å². The molecular formula is C16H19NS. The van der Waals surface area contributed by atoms with Crippen molar-refractivity contribution in [2.24, 2.45) is 0 Å². The predicted molar refractivity (Wildman–Crippen MR) is 80.9 cm³/mol. The Bertz CT molecular complexity index is 400. The number of rotatable bonds is 6. The second kappa shape index (κ2) is 7.24. The molecule has 94 valence electrons. The van der Waals surface area contributed by atoms with Gasteiger partial charge < -0.3 is 0 Å². The summed E-state index contributed by atoms with van der Waals surface area (Å²) in [7, 11) is 0. The van der Waals surface area contributed by atoms with Crippen LogP contribution in [0.2, 0.25) is 0 Å². The van der Waals surface area contributed by atoms with Gasteiger partial charge in [0.05, 0.1) is 0 Å². The van der Waals surface area contributed by atoms with E-state index in [0.29, 0.717) is 0 Å². The molecule has 0 atom stereocenters. The average Bonchev–Trinajstić information content (AvgIpc) is 2.41. The van der Waals surface area contributed by atoms with Gasteiger partial charge in [-0.2, -0.15) is 12.6 Å². The fraction of sp³-hybridized carbons (Fsp3) is 0.250. The van der Waals surface area contributed by atoms with E-state index >= 15 is 0 Å². The van der Waals surface area contributed by atoms with Crippen LogP contribution in [0.4, 0.5) is 0 Å². The largest absolute Gasteiger partial charge is 0.294 e. The van der Waals surface area contributed by atoms with E-state index in [1.54, 1.807) is 0 Å². The lowest BCUT2D eigenvalue weighted by molar-refractivity contribution is 0.274. The number of benzene rings is 2. The molecular weight excluding hydrogens is 238 g/mol. The van der Waals surface area contributed by atoms with Gasteiger partial charge in [-0.1, -0.05) is 60.7 Å². The molecule has 0 spiro atoms. The summed E-state index contributed by atoms with van der Waals surface area (Å²) in [4.78, 5) is 2.43. The number of hydrogen-bond donors (Lipinski definition) is 1. The molecule has 0 aliphatic heterocycles. The van der Waals surface area contributed by atoms with E-state index in [9.17, 15) is 0 Å². The van der Waals surface area contributed by atoms with E-state index in [0.717, 1.165) is 25.4 Å². The van der Waals surface area contributed by atoms with Gasteiger partial charge in [-0.05, 0) is 11.1 Å². The van der Waals surface area contributed by atoms with Gasteiger partial charge >= 0.3 is 0 Å². The van der Waals surface area contributed by atoms with Crippen molar-refractivity contribution >= 4 is 12.6 Å². The summed E-state index contributed by atoms with van der Waals surface area (Å²) in [5, 5.41) is 0. The van der Waals surface area contributed by atoms with Gasteiger partial charge in [0.15, 0.2) is 0 Å². The number of thiol groups is 1. The monoisotopic (exact) mass is 257 g/mol. The van der Waals surface area contributed by atoms with E-state index in [1.165, 1.54) is 11.1 Å². The highest BCUT2D eigenvalue weighted by atomic mass is 32.1. The minimum Gasteiger partial charge on any atom is -0.294 e. The highest BCUT2D eigenvalue weighted by Gasteiger charge is 2.05. The molecule has 0 saturated carbocycles. The van der Waals surface area contributed by atoms with Crippen molar-refractivity contribution in [3.8, 4) is 0 Å². The van der Waals surface area contributed by atoms with Crippen LogP contribution in [0.5, 0.6) is 0 Å². The fourth-order valence-electron chi connectivity index (χ4n) is 2.04. The number of nitrogens with zero attached hydrogens (tertiary/aromatic N) is 1. The average molecular weight is 257 g/mol. The van der Waals surface area contributed by atoms with E-state index in [1.807, 2.05) is 0 Å². The lowest BCUT2D eigenvalue weighted by atomic mass is 10.1. The predicted octanol–water partition coefficient (Wildman–Crippen LogP) is 3.62. The SMILES string of the molecule is SCCN(Cc1ccccc1)Cc1ccccc1. The van der Waals surface area contributed by atoms with Gasteiger partial charge in [0.25, 0.3) is 0 Å². The zero-order valence-corrected chi connectivity index (χ0v) is 11.4. The molecule has 1 nitrogen and oxygen atoms in total. The van der Waals surface area contributed by atoms with E-state index in [4.69, 9.17) is 0 Å². The third-order valence-electron chi connectivity index (χ3n) is 2.91.